The topological polar surface area (TPSA) is 95.4 Å². The smallest absolute Gasteiger partial charge is 0.356 e. The molecule has 0 saturated heterocycles. The number of carbonyl (C=O) groups excluding carboxylic acids is 1. The zero-order chi connectivity index (χ0) is 13.7. The number of carbonyl (C=O) groups is 2. The maximum absolute atomic E-state index is 11.8. The van der Waals surface area contributed by atoms with Gasteiger partial charge in [-0.3, -0.25) is 4.79 Å². The van der Waals surface area contributed by atoms with Gasteiger partial charge < -0.3 is 15.3 Å². The Morgan fingerprint density at radius 2 is 2.11 bits per heavy atom. The SMILES string of the molecule is CCN(C)C(=O)C(C)Nc1ccc(C(=O)O)nn1. The molecule has 2 N–H and O–H groups in total. The molecule has 1 unspecified atom stereocenters. The Hall–Kier alpha value is -2.18. The van der Waals surface area contributed by atoms with Crippen molar-refractivity contribution in [1.82, 2.24) is 15.1 Å². The van der Waals surface area contributed by atoms with E-state index < -0.39 is 12.0 Å². The Balaban J connectivity index is 2.67. The molecule has 1 rings (SSSR count). The van der Waals surface area contributed by atoms with Crippen LogP contribution in [0.3, 0.4) is 0 Å². The van der Waals surface area contributed by atoms with Gasteiger partial charge in [0.25, 0.3) is 0 Å². The van der Waals surface area contributed by atoms with Crippen molar-refractivity contribution in [3.8, 4) is 0 Å². The van der Waals surface area contributed by atoms with Crippen LogP contribution in [0.25, 0.3) is 0 Å². The summed E-state index contributed by atoms with van der Waals surface area (Å²) in [6, 6.07) is 2.37. The van der Waals surface area contributed by atoms with Crippen LogP contribution in [0.1, 0.15) is 24.3 Å². The molecule has 98 valence electrons. The summed E-state index contributed by atoms with van der Waals surface area (Å²) in [7, 11) is 1.71. The maximum atomic E-state index is 11.8. The van der Waals surface area contributed by atoms with Crippen LogP contribution in [0.2, 0.25) is 0 Å². The Bertz CT molecular complexity index is 432. The number of carboxylic acid groups (broad SMARTS) is 1. The lowest BCUT2D eigenvalue weighted by Gasteiger charge is -2.20. The van der Waals surface area contributed by atoms with Gasteiger partial charge in [-0.15, -0.1) is 10.2 Å². The van der Waals surface area contributed by atoms with Crippen LogP contribution >= 0.6 is 0 Å². The van der Waals surface area contributed by atoms with Crippen LogP contribution in [0.5, 0.6) is 0 Å². The van der Waals surface area contributed by atoms with Gasteiger partial charge in [-0.25, -0.2) is 4.79 Å². The minimum Gasteiger partial charge on any atom is -0.476 e. The molecule has 1 amide bonds. The average molecular weight is 252 g/mol. The van der Waals surface area contributed by atoms with Crippen molar-refractivity contribution in [2.45, 2.75) is 19.9 Å². The third-order valence-corrected chi connectivity index (χ3v) is 2.47. The lowest BCUT2D eigenvalue weighted by molar-refractivity contribution is -0.130. The number of hydrogen-bond donors (Lipinski definition) is 2. The number of aromatic carboxylic acids is 1. The number of rotatable bonds is 5. The standard InChI is InChI=1S/C11H16N4O3/c1-4-15(3)10(16)7(2)12-9-6-5-8(11(17)18)13-14-9/h5-7H,4H2,1-3H3,(H,12,14)(H,17,18). The van der Waals surface area contributed by atoms with E-state index in [9.17, 15) is 9.59 Å². The molecule has 0 aromatic carbocycles. The van der Waals surface area contributed by atoms with Gasteiger partial charge in [-0.2, -0.15) is 0 Å². The van der Waals surface area contributed by atoms with Gasteiger partial charge in [0, 0.05) is 13.6 Å². The Morgan fingerprint density at radius 3 is 2.56 bits per heavy atom. The lowest BCUT2D eigenvalue weighted by Crippen LogP contribution is -2.39. The molecule has 0 aliphatic carbocycles. The van der Waals surface area contributed by atoms with Gasteiger partial charge in [0.05, 0.1) is 0 Å². The van der Waals surface area contributed by atoms with E-state index in [0.717, 1.165) is 0 Å². The summed E-state index contributed by atoms with van der Waals surface area (Å²) >= 11 is 0. The van der Waals surface area contributed by atoms with Crippen LogP contribution < -0.4 is 5.32 Å². The van der Waals surface area contributed by atoms with Crippen LogP contribution in [-0.2, 0) is 4.79 Å². The first kappa shape index (κ1) is 13.9. The van der Waals surface area contributed by atoms with E-state index in [4.69, 9.17) is 5.11 Å². The molecule has 0 spiro atoms. The molecule has 0 bridgehead atoms. The van der Waals surface area contributed by atoms with Gasteiger partial charge in [0.1, 0.15) is 11.9 Å². The highest BCUT2D eigenvalue weighted by Gasteiger charge is 2.16. The second-order valence-electron chi connectivity index (χ2n) is 3.83. The van der Waals surface area contributed by atoms with Crippen molar-refractivity contribution >= 4 is 17.7 Å². The van der Waals surface area contributed by atoms with Gasteiger partial charge in [0.2, 0.25) is 5.91 Å². The fourth-order valence-corrected chi connectivity index (χ4v) is 1.29. The van der Waals surface area contributed by atoms with E-state index in [-0.39, 0.29) is 11.6 Å². The second kappa shape index (κ2) is 5.95. The molecule has 0 saturated carbocycles. The molecular weight excluding hydrogens is 236 g/mol. The van der Waals surface area contributed by atoms with E-state index in [1.807, 2.05) is 6.92 Å². The van der Waals surface area contributed by atoms with Crippen LogP contribution in [0.15, 0.2) is 12.1 Å². The van der Waals surface area contributed by atoms with Crippen molar-refractivity contribution in [2.75, 3.05) is 18.9 Å². The summed E-state index contributed by atoms with van der Waals surface area (Å²) in [5.74, 6) is -0.837. The largest absolute Gasteiger partial charge is 0.476 e. The number of amides is 1. The quantitative estimate of drug-likeness (QED) is 0.790. The Kier molecular flexibility index (Phi) is 4.59. The monoisotopic (exact) mass is 252 g/mol. The molecular formula is C11H16N4O3. The summed E-state index contributed by atoms with van der Waals surface area (Å²) < 4.78 is 0. The highest BCUT2D eigenvalue weighted by atomic mass is 16.4. The first-order valence-corrected chi connectivity index (χ1v) is 5.54. The zero-order valence-corrected chi connectivity index (χ0v) is 10.5. The van der Waals surface area contributed by atoms with Gasteiger partial charge in [-0.1, -0.05) is 0 Å². The number of hydrogen-bond acceptors (Lipinski definition) is 5. The predicted octanol–water partition coefficient (Wildman–Crippen LogP) is 0.453. The molecule has 18 heavy (non-hydrogen) atoms. The van der Waals surface area contributed by atoms with Crippen LogP contribution in [-0.4, -0.2) is 51.7 Å². The summed E-state index contributed by atoms with van der Waals surface area (Å²) in [6.07, 6.45) is 0. The highest BCUT2D eigenvalue weighted by Crippen LogP contribution is 2.05. The first-order valence-electron chi connectivity index (χ1n) is 5.54. The molecule has 7 heteroatoms. The summed E-state index contributed by atoms with van der Waals surface area (Å²) in [5.41, 5.74) is -0.134. The molecule has 1 heterocycles. The number of likely N-dealkylation sites (N-methyl/N-ethyl adjacent to an activating group) is 1. The molecule has 0 aliphatic heterocycles. The third-order valence-electron chi connectivity index (χ3n) is 2.47. The molecule has 1 aromatic heterocycles. The van der Waals surface area contributed by atoms with Gasteiger partial charge in [-0.05, 0) is 26.0 Å². The molecule has 0 aliphatic rings. The number of aromatic nitrogens is 2. The van der Waals surface area contributed by atoms with Crippen LogP contribution in [0, 0.1) is 0 Å². The highest BCUT2D eigenvalue weighted by molar-refractivity contribution is 5.85. The van der Waals surface area contributed by atoms with Gasteiger partial charge >= 0.3 is 5.97 Å². The fraction of sp³-hybridized carbons (Fsp3) is 0.455. The summed E-state index contributed by atoms with van der Waals surface area (Å²) in [6.45, 7) is 4.21. The minimum atomic E-state index is -1.14. The minimum absolute atomic E-state index is 0.0680. The van der Waals surface area contributed by atoms with Gasteiger partial charge in [0.15, 0.2) is 5.69 Å². The molecule has 7 nitrogen and oxygen atoms in total. The van der Waals surface area contributed by atoms with Crippen molar-refractivity contribution in [2.24, 2.45) is 0 Å². The van der Waals surface area contributed by atoms with Crippen molar-refractivity contribution in [3.05, 3.63) is 17.8 Å². The van der Waals surface area contributed by atoms with E-state index in [2.05, 4.69) is 15.5 Å². The maximum Gasteiger partial charge on any atom is 0.356 e. The van der Waals surface area contributed by atoms with E-state index in [1.54, 1.807) is 18.9 Å². The average Bonchev–Trinajstić information content (AvgIpc) is 2.37. The number of nitrogens with one attached hydrogen (secondary N) is 1. The van der Waals surface area contributed by atoms with Crippen molar-refractivity contribution < 1.29 is 14.7 Å². The van der Waals surface area contributed by atoms with E-state index in [1.165, 1.54) is 12.1 Å². The summed E-state index contributed by atoms with van der Waals surface area (Å²) in [5, 5.41) is 18.7. The predicted molar refractivity (Wildman–Crippen MR) is 65.4 cm³/mol. The molecule has 1 atom stereocenters. The molecule has 1 aromatic rings. The van der Waals surface area contributed by atoms with Crippen LogP contribution in [0.4, 0.5) is 5.82 Å². The summed E-state index contributed by atoms with van der Waals surface area (Å²) in [4.78, 5) is 23.9. The van der Waals surface area contributed by atoms with E-state index in [0.29, 0.717) is 12.4 Å². The second-order valence-corrected chi connectivity index (χ2v) is 3.83. The zero-order valence-electron chi connectivity index (χ0n) is 10.5. The number of anilines is 1. The van der Waals surface area contributed by atoms with Crippen molar-refractivity contribution in [3.63, 3.8) is 0 Å². The number of carboxylic acids is 1. The Labute approximate surface area is 105 Å². The van der Waals surface area contributed by atoms with Crippen molar-refractivity contribution in [1.29, 1.82) is 0 Å². The first-order chi connectivity index (χ1) is 8.45. The lowest BCUT2D eigenvalue weighted by atomic mass is 10.3. The number of nitrogens with zero attached hydrogens (tertiary/aromatic N) is 3. The normalized spacial score (nSPS) is 11.7. The molecule has 0 radical (unpaired) electrons. The Morgan fingerprint density at radius 1 is 1.44 bits per heavy atom. The third kappa shape index (κ3) is 3.41. The van der Waals surface area contributed by atoms with E-state index >= 15 is 0 Å². The molecule has 0 fully saturated rings. The fourth-order valence-electron chi connectivity index (χ4n) is 1.29.